The lowest BCUT2D eigenvalue weighted by Gasteiger charge is -2.20. The lowest BCUT2D eigenvalue weighted by atomic mass is 10.1. The Balaban J connectivity index is 1.25. The van der Waals surface area contributed by atoms with Crippen molar-refractivity contribution in [3.8, 4) is 11.4 Å². The van der Waals surface area contributed by atoms with Crippen LogP contribution in [0.2, 0.25) is 0 Å². The summed E-state index contributed by atoms with van der Waals surface area (Å²) in [6, 6.07) is 14.7. The van der Waals surface area contributed by atoms with Crippen molar-refractivity contribution in [1.82, 2.24) is 14.7 Å². The predicted molar refractivity (Wildman–Crippen MR) is 123 cm³/mol. The largest absolute Gasteiger partial charge is 0.494 e. The van der Waals surface area contributed by atoms with Gasteiger partial charge in [0.05, 0.1) is 24.1 Å². The molecule has 1 atom stereocenters. The molecule has 1 fully saturated rings. The molecule has 0 aliphatic carbocycles. The summed E-state index contributed by atoms with van der Waals surface area (Å²) in [4.78, 5) is 15.0. The molecule has 168 valence electrons. The molecule has 0 N–H and O–H groups in total. The molecule has 4 rings (SSSR count). The van der Waals surface area contributed by atoms with Crippen LogP contribution >= 0.6 is 0 Å². The highest BCUT2D eigenvalue weighted by molar-refractivity contribution is 5.95. The van der Waals surface area contributed by atoms with Crippen LogP contribution in [0, 0.1) is 5.82 Å². The maximum Gasteiger partial charge on any atom is 0.166 e. The molecule has 0 saturated carbocycles. The smallest absolute Gasteiger partial charge is 0.166 e. The van der Waals surface area contributed by atoms with E-state index in [4.69, 9.17) is 4.74 Å². The molecular weight excluding hydrogens is 405 g/mol. The molecule has 5 nitrogen and oxygen atoms in total. The standard InChI is InChI=1S/C26H30FN3O2/c1-20-4-2-15-29(20)16-3-17-32-25-12-10-24(11-13-25)30-19-22(18-28-30)26(31)14-7-21-5-8-23(27)9-6-21/h5-6,8-13,18-20H,2-4,7,14-17H2,1H3. The second-order valence-corrected chi connectivity index (χ2v) is 8.45. The topological polar surface area (TPSA) is 47.4 Å². The molecular formula is C26H30FN3O2. The Morgan fingerprint density at radius 2 is 1.94 bits per heavy atom. The van der Waals surface area contributed by atoms with E-state index in [0.717, 1.165) is 30.0 Å². The number of carbonyl (C=O) groups is 1. The Kier molecular flexibility index (Phi) is 7.32. The Hall–Kier alpha value is -2.99. The maximum absolute atomic E-state index is 13.0. The second-order valence-electron chi connectivity index (χ2n) is 8.45. The minimum Gasteiger partial charge on any atom is -0.494 e. The van der Waals surface area contributed by atoms with Crippen LogP contribution in [0.3, 0.4) is 0 Å². The van der Waals surface area contributed by atoms with Crippen molar-refractivity contribution < 1.29 is 13.9 Å². The number of aryl methyl sites for hydroxylation is 1. The Morgan fingerprint density at radius 1 is 1.16 bits per heavy atom. The van der Waals surface area contributed by atoms with Gasteiger partial charge in [-0.25, -0.2) is 9.07 Å². The molecule has 0 bridgehead atoms. The van der Waals surface area contributed by atoms with Crippen molar-refractivity contribution in [2.45, 2.75) is 45.1 Å². The van der Waals surface area contributed by atoms with Crippen LogP contribution in [0.5, 0.6) is 5.75 Å². The van der Waals surface area contributed by atoms with Crippen molar-refractivity contribution in [2.75, 3.05) is 19.7 Å². The third-order valence-corrected chi connectivity index (χ3v) is 6.11. The summed E-state index contributed by atoms with van der Waals surface area (Å²) in [5.41, 5.74) is 2.39. The molecule has 0 radical (unpaired) electrons. The van der Waals surface area contributed by atoms with Crippen molar-refractivity contribution in [1.29, 1.82) is 0 Å². The summed E-state index contributed by atoms with van der Waals surface area (Å²) in [7, 11) is 0. The minimum absolute atomic E-state index is 0.0212. The fourth-order valence-electron chi connectivity index (χ4n) is 4.14. The SMILES string of the molecule is CC1CCCN1CCCOc1ccc(-n2cc(C(=O)CCc3ccc(F)cc3)cn2)cc1. The van der Waals surface area contributed by atoms with Crippen LogP contribution in [0.25, 0.3) is 5.69 Å². The molecule has 1 aliphatic rings. The highest BCUT2D eigenvalue weighted by atomic mass is 19.1. The van der Waals surface area contributed by atoms with Crippen molar-refractivity contribution >= 4 is 5.78 Å². The predicted octanol–water partition coefficient (Wildman–Crippen LogP) is 5.08. The lowest BCUT2D eigenvalue weighted by Crippen LogP contribution is -2.28. The van der Waals surface area contributed by atoms with Gasteiger partial charge in [-0.3, -0.25) is 4.79 Å². The first-order valence-corrected chi connectivity index (χ1v) is 11.4. The Morgan fingerprint density at radius 3 is 2.66 bits per heavy atom. The van der Waals surface area contributed by atoms with E-state index in [2.05, 4.69) is 16.9 Å². The number of nitrogens with zero attached hydrogens (tertiary/aromatic N) is 3. The van der Waals surface area contributed by atoms with Crippen molar-refractivity contribution in [2.24, 2.45) is 0 Å². The number of hydrogen-bond donors (Lipinski definition) is 0. The minimum atomic E-state index is -0.269. The average Bonchev–Trinajstić information content (AvgIpc) is 3.46. The van der Waals surface area contributed by atoms with E-state index in [-0.39, 0.29) is 11.6 Å². The van der Waals surface area contributed by atoms with Crippen LogP contribution in [-0.4, -0.2) is 46.2 Å². The summed E-state index contributed by atoms with van der Waals surface area (Å²) in [5, 5.41) is 4.33. The molecule has 1 aromatic heterocycles. The Labute approximate surface area is 188 Å². The summed E-state index contributed by atoms with van der Waals surface area (Å²) >= 11 is 0. The highest BCUT2D eigenvalue weighted by Gasteiger charge is 2.19. The highest BCUT2D eigenvalue weighted by Crippen LogP contribution is 2.18. The molecule has 2 heterocycles. The van der Waals surface area contributed by atoms with Gasteiger partial charge in [-0.1, -0.05) is 12.1 Å². The van der Waals surface area contributed by atoms with Crippen LogP contribution in [0.4, 0.5) is 4.39 Å². The number of carbonyl (C=O) groups excluding carboxylic acids is 1. The number of ketones is 1. The van der Waals surface area contributed by atoms with E-state index in [1.807, 2.05) is 24.3 Å². The molecule has 32 heavy (non-hydrogen) atoms. The first-order chi connectivity index (χ1) is 15.6. The van der Waals surface area contributed by atoms with Gasteiger partial charge in [-0.15, -0.1) is 0 Å². The first kappa shape index (κ1) is 22.2. The number of ether oxygens (including phenoxy) is 1. The van der Waals surface area contributed by atoms with Crippen molar-refractivity contribution in [3.63, 3.8) is 0 Å². The van der Waals surface area contributed by atoms with Gasteiger partial charge in [0.15, 0.2) is 5.78 Å². The molecule has 1 aliphatic heterocycles. The molecule has 1 saturated heterocycles. The van der Waals surface area contributed by atoms with Gasteiger partial charge in [0.1, 0.15) is 11.6 Å². The fraction of sp³-hybridized carbons (Fsp3) is 0.385. The molecule has 2 aromatic carbocycles. The zero-order valence-electron chi connectivity index (χ0n) is 18.5. The number of hydrogen-bond acceptors (Lipinski definition) is 4. The number of halogens is 1. The van der Waals surface area contributed by atoms with Gasteiger partial charge in [0, 0.05) is 25.2 Å². The van der Waals surface area contributed by atoms with Gasteiger partial charge >= 0.3 is 0 Å². The van der Waals surface area contributed by atoms with Crippen LogP contribution in [0.15, 0.2) is 60.9 Å². The van der Waals surface area contributed by atoms with Crippen LogP contribution in [-0.2, 0) is 6.42 Å². The molecule has 0 amide bonds. The molecule has 1 unspecified atom stereocenters. The number of benzene rings is 2. The lowest BCUT2D eigenvalue weighted by molar-refractivity contribution is 0.0983. The number of likely N-dealkylation sites (tertiary alicyclic amines) is 1. The zero-order valence-corrected chi connectivity index (χ0v) is 18.5. The van der Waals surface area contributed by atoms with Crippen molar-refractivity contribution in [3.05, 3.63) is 77.9 Å². The zero-order chi connectivity index (χ0) is 22.3. The van der Waals surface area contributed by atoms with Gasteiger partial charge in [0.2, 0.25) is 0 Å². The van der Waals surface area contributed by atoms with Gasteiger partial charge < -0.3 is 9.64 Å². The van der Waals surface area contributed by atoms with E-state index < -0.39 is 0 Å². The summed E-state index contributed by atoms with van der Waals surface area (Å²) in [6.07, 6.45) is 7.91. The normalized spacial score (nSPS) is 16.4. The Bertz CT molecular complexity index is 1010. The number of aromatic nitrogens is 2. The van der Waals surface area contributed by atoms with E-state index in [9.17, 15) is 9.18 Å². The van der Waals surface area contributed by atoms with Crippen LogP contribution < -0.4 is 4.74 Å². The van der Waals surface area contributed by atoms with E-state index in [1.54, 1.807) is 29.2 Å². The third-order valence-electron chi connectivity index (χ3n) is 6.11. The maximum atomic E-state index is 13.0. The van der Waals surface area contributed by atoms with Crippen LogP contribution in [0.1, 0.15) is 48.5 Å². The second kappa shape index (κ2) is 10.6. The molecule has 6 heteroatoms. The van der Waals surface area contributed by atoms with E-state index in [0.29, 0.717) is 31.1 Å². The fourth-order valence-corrected chi connectivity index (χ4v) is 4.14. The molecule has 0 spiro atoms. The number of Topliss-reactive ketones (excluding diaryl/α,β-unsaturated/α-hetero) is 1. The quantitative estimate of drug-likeness (QED) is 0.329. The van der Waals surface area contributed by atoms with E-state index in [1.165, 1.54) is 31.5 Å². The number of rotatable bonds is 10. The van der Waals surface area contributed by atoms with Gasteiger partial charge in [0.25, 0.3) is 0 Å². The molecule has 3 aromatic rings. The monoisotopic (exact) mass is 435 g/mol. The summed E-state index contributed by atoms with van der Waals surface area (Å²) in [6.45, 7) is 5.30. The third kappa shape index (κ3) is 5.82. The van der Waals surface area contributed by atoms with E-state index >= 15 is 0 Å². The van der Waals surface area contributed by atoms with Gasteiger partial charge in [-0.2, -0.15) is 5.10 Å². The summed E-state index contributed by atoms with van der Waals surface area (Å²) < 4.78 is 20.6. The summed E-state index contributed by atoms with van der Waals surface area (Å²) in [5.74, 6) is 0.591. The average molecular weight is 436 g/mol. The first-order valence-electron chi connectivity index (χ1n) is 11.4. The van der Waals surface area contributed by atoms with Gasteiger partial charge in [-0.05, 0) is 81.1 Å².